The van der Waals surface area contributed by atoms with Gasteiger partial charge in [0, 0.05) is 11.9 Å². The first kappa shape index (κ1) is 12.8. The average Bonchev–Trinajstić information content (AvgIpc) is 2.40. The summed E-state index contributed by atoms with van der Waals surface area (Å²) < 4.78 is 0. The van der Waals surface area contributed by atoms with E-state index in [2.05, 4.69) is 24.0 Å². The predicted molar refractivity (Wildman–Crippen MR) is 73.4 cm³/mol. The topological polar surface area (TPSA) is 33.1 Å². The lowest BCUT2D eigenvalue weighted by Crippen LogP contribution is -2.04. The van der Waals surface area contributed by atoms with Gasteiger partial charge in [-0.2, -0.15) is 0 Å². The third kappa shape index (κ3) is 3.17. The molecule has 2 atom stereocenters. The van der Waals surface area contributed by atoms with E-state index < -0.39 is 6.10 Å². The number of pyridine rings is 1. The minimum absolute atomic E-state index is 0.336. The summed E-state index contributed by atoms with van der Waals surface area (Å²) >= 11 is 0. The maximum atomic E-state index is 10.2. The molecule has 1 aromatic heterocycles. The van der Waals surface area contributed by atoms with Gasteiger partial charge >= 0.3 is 0 Å². The SMILES string of the molecule is Cc1ccc(C(O)CC(C)c2ccccc2)cn1. The van der Waals surface area contributed by atoms with Crippen molar-refractivity contribution in [3.8, 4) is 0 Å². The number of benzene rings is 1. The van der Waals surface area contributed by atoms with Gasteiger partial charge in [0.15, 0.2) is 0 Å². The van der Waals surface area contributed by atoms with Crippen molar-refractivity contribution in [2.75, 3.05) is 0 Å². The first-order valence-electron chi connectivity index (χ1n) is 6.32. The molecule has 1 aromatic carbocycles. The Morgan fingerprint density at radius 1 is 1.06 bits per heavy atom. The Morgan fingerprint density at radius 3 is 2.39 bits per heavy atom. The molecular formula is C16H19NO. The Hall–Kier alpha value is -1.67. The quantitative estimate of drug-likeness (QED) is 0.887. The first-order chi connectivity index (χ1) is 8.66. The van der Waals surface area contributed by atoms with Crippen molar-refractivity contribution in [3.63, 3.8) is 0 Å². The molecule has 0 aliphatic carbocycles. The lowest BCUT2D eigenvalue weighted by molar-refractivity contribution is 0.159. The molecule has 2 aromatic rings. The molecule has 0 amide bonds. The van der Waals surface area contributed by atoms with Crippen LogP contribution in [0.15, 0.2) is 48.7 Å². The van der Waals surface area contributed by atoms with Crippen LogP contribution >= 0.6 is 0 Å². The van der Waals surface area contributed by atoms with Crippen LogP contribution in [0.2, 0.25) is 0 Å². The normalized spacial score (nSPS) is 14.2. The highest BCUT2D eigenvalue weighted by atomic mass is 16.3. The van der Waals surface area contributed by atoms with Crippen LogP contribution in [-0.4, -0.2) is 10.1 Å². The fraction of sp³-hybridized carbons (Fsp3) is 0.312. The zero-order valence-electron chi connectivity index (χ0n) is 10.9. The van der Waals surface area contributed by atoms with E-state index in [-0.39, 0.29) is 0 Å². The maximum absolute atomic E-state index is 10.2. The Morgan fingerprint density at radius 2 is 1.78 bits per heavy atom. The number of aryl methyl sites for hydroxylation is 1. The summed E-state index contributed by atoms with van der Waals surface area (Å²) in [5, 5.41) is 10.2. The second-order valence-corrected chi connectivity index (χ2v) is 4.80. The number of hydrogen-bond donors (Lipinski definition) is 1. The summed E-state index contributed by atoms with van der Waals surface area (Å²) in [6.07, 6.45) is 2.03. The molecule has 2 nitrogen and oxygen atoms in total. The van der Waals surface area contributed by atoms with E-state index in [1.54, 1.807) is 6.20 Å². The van der Waals surface area contributed by atoms with Crippen molar-refractivity contribution < 1.29 is 5.11 Å². The molecule has 0 radical (unpaired) electrons. The monoisotopic (exact) mass is 241 g/mol. The van der Waals surface area contributed by atoms with Gasteiger partial charge in [-0.3, -0.25) is 4.98 Å². The van der Waals surface area contributed by atoms with Crippen LogP contribution in [0.1, 0.15) is 42.2 Å². The fourth-order valence-electron chi connectivity index (χ4n) is 2.06. The maximum Gasteiger partial charge on any atom is 0.0810 e. The molecular weight excluding hydrogens is 222 g/mol. The Balaban J connectivity index is 2.03. The molecule has 0 aliphatic heterocycles. The molecule has 1 heterocycles. The number of aromatic nitrogens is 1. The van der Waals surface area contributed by atoms with E-state index in [0.717, 1.165) is 17.7 Å². The van der Waals surface area contributed by atoms with Gasteiger partial charge in [0.1, 0.15) is 0 Å². The van der Waals surface area contributed by atoms with E-state index >= 15 is 0 Å². The van der Waals surface area contributed by atoms with Gasteiger partial charge in [0.25, 0.3) is 0 Å². The molecule has 0 bridgehead atoms. The van der Waals surface area contributed by atoms with Crippen LogP contribution in [0.3, 0.4) is 0 Å². The third-order valence-corrected chi connectivity index (χ3v) is 3.26. The van der Waals surface area contributed by atoms with Gasteiger partial charge in [-0.1, -0.05) is 43.3 Å². The number of hydrogen-bond acceptors (Lipinski definition) is 2. The molecule has 0 fully saturated rings. The van der Waals surface area contributed by atoms with E-state index in [0.29, 0.717) is 5.92 Å². The molecule has 94 valence electrons. The third-order valence-electron chi connectivity index (χ3n) is 3.26. The number of nitrogens with zero attached hydrogens (tertiary/aromatic N) is 1. The second-order valence-electron chi connectivity index (χ2n) is 4.80. The molecule has 18 heavy (non-hydrogen) atoms. The number of aliphatic hydroxyl groups is 1. The Kier molecular flexibility index (Phi) is 4.11. The summed E-state index contributed by atoms with van der Waals surface area (Å²) in [4.78, 5) is 4.22. The summed E-state index contributed by atoms with van der Waals surface area (Å²) in [6, 6.07) is 14.2. The molecule has 0 aliphatic rings. The van der Waals surface area contributed by atoms with Crippen LogP contribution < -0.4 is 0 Å². The summed E-state index contributed by atoms with van der Waals surface area (Å²) in [7, 11) is 0. The van der Waals surface area contributed by atoms with Crippen LogP contribution in [0.5, 0.6) is 0 Å². The Bertz CT molecular complexity index is 478. The van der Waals surface area contributed by atoms with Crippen LogP contribution in [0.25, 0.3) is 0 Å². The van der Waals surface area contributed by atoms with Gasteiger partial charge in [0.2, 0.25) is 0 Å². The zero-order chi connectivity index (χ0) is 13.0. The van der Waals surface area contributed by atoms with Crippen LogP contribution in [0, 0.1) is 6.92 Å². The predicted octanol–water partition coefficient (Wildman–Crippen LogP) is 3.62. The molecule has 0 saturated carbocycles. The van der Waals surface area contributed by atoms with Gasteiger partial charge < -0.3 is 5.11 Å². The Labute approximate surface area is 108 Å². The molecule has 1 N–H and O–H groups in total. The van der Waals surface area contributed by atoms with Gasteiger partial charge in [-0.15, -0.1) is 0 Å². The van der Waals surface area contributed by atoms with Crippen LogP contribution in [-0.2, 0) is 0 Å². The highest BCUT2D eigenvalue weighted by molar-refractivity contribution is 5.21. The first-order valence-corrected chi connectivity index (χ1v) is 6.32. The number of aliphatic hydroxyl groups excluding tert-OH is 1. The van der Waals surface area contributed by atoms with Crippen molar-refractivity contribution in [1.82, 2.24) is 4.98 Å². The van der Waals surface area contributed by atoms with E-state index in [1.165, 1.54) is 5.56 Å². The molecule has 2 unspecified atom stereocenters. The summed E-state index contributed by atoms with van der Waals surface area (Å²) in [5.74, 6) is 0.336. The lowest BCUT2D eigenvalue weighted by atomic mass is 9.93. The highest BCUT2D eigenvalue weighted by Crippen LogP contribution is 2.27. The fourth-order valence-corrected chi connectivity index (χ4v) is 2.06. The van der Waals surface area contributed by atoms with Gasteiger partial charge in [-0.25, -0.2) is 0 Å². The van der Waals surface area contributed by atoms with Crippen molar-refractivity contribution >= 4 is 0 Å². The molecule has 0 saturated heterocycles. The van der Waals surface area contributed by atoms with Gasteiger partial charge in [-0.05, 0) is 36.5 Å². The summed E-state index contributed by atoms with van der Waals surface area (Å²) in [5.41, 5.74) is 3.13. The van der Waals surface area contributed by atoms with E-state index in [1.807, 2.05) is 37.3 Å². The van der Waals surface area contributed by atoms with Crippen molar-refractivity contribution in [3.05, 3.63) is 65.5 Å². The molecule has 0 spiro atoms. The largest absolute Gasteiger partial charge is 0.388 e. The standard InChI is InChI=1S/C16H19NO/c1-12(14-6-4-3-5-7-14)10-16(18)15-9-8-13(2)17-11-15/h3-9,11-12,16,18H,10H2,1-2H3. The zero-order valence-corrected chi connectivity index (χ0v) is 10.9. The van der Waals surface area contributed by atoms with Crippen LogP contribution in [0.4, 0.5) is 0 Å². The summed E-state index contributed by atoms with van der Waals surface area (Å²) in [6.45, 7) is 4.09. The minimum atomic E-state index is -0.451. The van der Waals surface area contributed by atoms with Crippen molar-refractivity contribution in [1.29, 1.82) is 0 Å². The lowest BCUT2D eigenvalue weighted by Gasteiger charge is -2.17. The van der Waals surface area contributed by atoms with E-state index in [9.17, 15) is 5.11 Å². The second kappa shape index (κ2) is 5.78. The minimum Gasteiger partial charge on any atom is -0.388 e. The molecule has 2 rings (SSSR count). The van der Waals surface area contributed by atoms with Crippen molar-refractivity contribution in [2.45, 2.75) is 32.3 Å². The van der Waals surface area contributed by atoms with Gasteiger partial charge in [0.05, 0.1) is 6.10 Å². The molecule has 2 heteroatoms. The smallest absolute Gasteiger partial charge is 0.0810 e. The highest BCUT2D eigenvalue weighted by Gasteiger charge is 2.13. The van der Waals surface area contributed by atoms with Crippen molar-refractivity contribution in [2.24, 2.45) is 0 Å². The number of rotatable bonds is 4. The van der Waals surface area contributed by atoms with E-state index in [4.69, 9.17) is 0 Å². The average molecular weight is 241 g/mol.